The quantitative estimate of drug-likeness (QED) is 0.721. The summed E-state index contributed by atoms with van der Waals surface area (Å²) in [7, 11) is 0. The molecule has 0 heterocycles. The third-order valence-electron chi connectivity index (χ3n) is 1.67. The summed E-state index contributed by atoms with van der Waals surface area (Å²) >= 11 is 5.76. The Morgan fingerprint density at radius 3 is 2.83 bits per heavy atom. The van der Waals surface area contributed by atoms with Crippen molar-refractivity contribution in [1.29, 1.82) is 5.26 Å². The van der Waals surface area contributed by atoms with Crippen molar-refractivity contribution >= 4 is 38.5 Å². The molecule has 62 valence electrons. The predicted molar refractivity (Wildman–Crippen MR) is 60.9 cm³/mol. The van der Waals surface area contributed by atoms with E-state index in [4.69, 9.17) is 5.26 Å². The standard InChI is InChI=1S/C9H7BrIN/c1-6-8(11)3-2-7(4-5-12)9(6)10/h2-3H,4H2,1H3. The number of halogens is 2. The molecule has 0 aliphatic rings. The van der Waals surface area contributed by atoms with Gasteiger partial charge in [-0.2, -0.15) is 5.26 Å². The van der Waals surface area contributed by atoms with Gasteiger partial charge in [0, 0.05) is 8.04 Å². The molecule has 0 unspecified atom stereocenters. The summed E-state index contributed by atoms with van der Waals surface area (Å²) in [6.07, 6.45) is 0.471. The molecule has 0 aromatic heterocycles. The summed E-state index contributed by atoms with van der Waals surface area (Å²) in [6.45, 7) is 2.05. The number of hydrogen-bond donors (Lipinski definition) is 0. The van der Waals surface area contributed by atoms with Gasteiger partial charge < -0.3 is 0 Å². The van der Waals surface area contributed by atoms with Gasteiger partial charge in [0.05, 0.1) is 12.5 Å². The van der Waals surface area contributed by atoms with Crippen molar-refractivity contribution in [2.24, 2.45) is 0 Å². The van der Waals surface area contributed by atoms with E-state index in [0.29, 0.717) is 6.42 Å². The van der Waals surface area contributed by atoms with Gasteiger partial charge in [0.2, 0.25) is 0 Å². The van der Waals surface area contributed by atoms with Crippen LogP contribution in [0.1, 0.15) is 11.1 Å². The molecule has 0 fully saturated rings. The highest BCUT2D eigenvalue weighted by molar-refractivity contribution is 14.1. The van der Waals surface area contributed by atoms with Gasteiger partial charge in [-0.25, -0.2) is 0 Å². The smallest absolute Gasteiger partial charge is 0.0670 e. The van der Waals surface area contributed by atoms with E-state index in [-0.39, 0.29) is 0 Å². The van der Waals surface area contributed by atoms with E-state index in [1.807, 2.05) is 19.1 Å². The SMILES string of the molecule is Cc1c(I)ccc(CC#N)c1Br. The zero-order valence-electron chi connectivity index (χ0n) is 6.56. The van der Waals surface area contributed by atoms with E-state index in [2.05, 4.69) is 44.6 Å². The van der Waals surface area contributed by atoms with Gasteiger partial charge >= 0.3 is 0 Å². The van der Waals surface area contributed by atoms with Crippen molar-refractivity contribution in [2.75, 3.05) is 0 Å². The summed E-state index contributed by atoms with van der Waals surface area (Å²) in [5.74, 6) is 0. The molecule has 0 saturated carbocycles. The lowest BCUT2D eigenvalue weighted by Crippen LogP contribution is -1.89. The van der Waals surface area contributed by atoms with Crippen molar-refractivity contribution < 1.29 is 0 Å². The fourth-order valence-corrected chi connectivity index (χ4v) is 2.25. The Labute approximate surface area is 94.0 Å². The van der Waals surface area contributed by atoms with Gasteiger partial charge in [0.1, 0.15) is 0 Å². The molecule has 0 aliphatic carbocycles. The molecule has 1 aromatic rings. The minimum Gasteiger partial charge on any atom is -0.198 e. The van der Waals surface area contributed by atoms with Crippen molar-refractivity contribution in [3.8, 4) is 6.07 Å². The van der Waals surface area contributed by atoms with Crippen LogP contribution in [0.3, 0.4) is 0 Å². The lowest BCUT2D eigenvalue weighted by molar-refractivity contribution is 1.21. The molecule has 0 N–H and O–H groups in total. The molecule has 0 bridgehead atoms. The Hall–Kier alpha value is -0.0800. The highest BCUT2D eigenvalue weighted by atomic mass is 127. The summed E-state index contributed by atoms with van der Waals surface area (Å²) < 4.78 is 2.29. The molecule has 0 spiro atoms. The summed E-state index contributed by atoms with van der Waals surface area (Å²) in [4.78, 5) is 0. The van der Waals surface area contributed by atoms with Crippen LogP contribution in [0.2, 0.25) is 0 Å². The van der Waals surface area contributed by atoms with Crippen LogP contribution in [0.15, 0.2) is 16.6 Å². The van der Waals surface area contributed by atoms with Gasteiger partial charge in [-0.3, -0.25) is 0 Å². The van der Waals surface area contributed by atoms with Crippen LogP contribution in [0.4, 0.5) is 0 Å². The largest absolute Gasteiger partial charge is 0.198 e. The normalized spacial score (nSPS) is 9.50. The Morgan fingerprint density at radius 2 is 2.25 bits per heavy atom. The van der Waals surface area contributed by atoms with E-state index in [1.165, 1.54) is 9.13 Å². The fourth-order valence-electron chi connectivity index (χ4n) is 0.939. The maximum absolute atomic E-state index is 8.53. The van der Waals surface area contributed by atoms with Crippen LogP contribution in [-0.2, 0) is 6.42 Å². The van der Waals surface area contributed by atoms with Gasteiger partial charge in [-0.15, -0.1) is 0 Å². The molecule has 0 radical (unpaired) electrons. The monoisotopic (exact) mass is 335 g/mol. The zero-order chi connectivity index (χ0) is 9.14. The van der Waals surface area contributed by atoms with E-state index in [9.17, 15) is 0 Å². The van der Waals surface area contributed by atoms with Crippen LogP contribution in [0.25, 0.3) is 0 Å². The molecule has 0 saturated heterocycles. The second kappa shape index (κ2) is 4.24. The fraction of sp³-hybridized carbons (Fsp3) is 0.222. The van der Waals surface area contributed by atoms with Gasteiger partial charge in [-0.05, 0) is 46.7 Å². The van der Waals surface area contributed by atoms with Gasteiger partial charge in [0.25, 0.3) is 0 Å². The molecule has 12 heavy (non-hydrogen) atoms. The van der Waals surface area contributed by atoms with E-state index < -0.39 is 0 Å². The van der Waals surface area contributed by atoms with Crippen LogP contribution in [0, 0.1) is 21.8 Å². The molecule has 1 rings (SSSR count). The van der Waals surface area contributed by atoms with Gasteiger partial charge in [0.15, 0.2) is 0 Å². The first kappa shape index (κ1) is 10.0. The lowest BCUT2D eigenvalue weighted by Gasteiger charge is -2.05. The highest BCUT2D eigenvalue weighted by Gasteiger charge is 2.04. The zero-order valence-corrected chi connectivity index (χ0v) is 10.3. The Bertz CT molecular complexity index is 341. The van der Waals surface area contributed by atoms with Crippen LogP contribution in [-0.4, -0.2) is 0 Å². The summed E-state index contributed by atoms with van der Waals surface area (Å²) in [6, 6.07) is 6.16. The first-order chi connectivity index (χ1) is 5.66. The molecule has 3 heteroatoms. The number of rotatable bonds is 1. The summed E-state index contributed by atoms with van der Waals surface area (Å²) in [5.41, 5.74) is 2.28. The van der Waals surface area contributed by atoms with Crippen molar-refractivity contribution in [1.82, 2.24) is 0 Å². The first-order valence-electron chi connectivity index (χ1n) is 3.47. The first-order valence-corrected chi connectivity index (χ1v) is 5.34. The topological polar surface area (TPSA) is 23.8 Å². The molecule has 1 nitrogen and oxygen atoms in total. The number of hydrogen-bond acceptors (Lipinski definition) is 1. The molecule has 0 amide bonds. The molecule has 0 aliphatic heterocycles. The number of nitrogens with zero attached hydrogens (tertiary/aromatic N) is 1. The minimum atomic E-state index is 0.471. The van der Waals surface area contributed by atoms with E-state index in [0.717, 1.165) is 10.0 Å². The average Bonchev–Trinajstić information content (AvgIpc) is 2.07. The lowest BCUT2D eigenvalue weighted by atomic mass is 10.1. The number of nitriles is 1. The van der Waals surface area contributed by atoms with Crippen molar-refractivity contribution in [3.05, 3.63) is 31.3 Å². The average molecular weight is 336 g/mol. The Kier molecular flexibility index (Phi) is 3.53. The third kappa shape index (κ3) is 1.99. The molecule has 0 atom stereocenters. The second-order valence-corrected chi connectivity index (χ2v) is 4.44. The van der Waals surface area contributed by atoms with Crippen molar-refractivity contribution in [2.45, 2.75) is 13.3 Å². The van der Waals surface area contributed by atoms with Crippen LogP contribution < -0.4 is 0 Å². The summed E-state index contributed by atoms with van der Waals surface area (Å²) in [5, 5.41) is 8.53. The van der Waals surface area contributed by atoms with Gasteiger partial charge in [-0.1, -0.05) is 22.0 Å². The molecular formula is C9H7BrIN. The van der Waals surface area contributed by atoms with Crippen LogP contribution >= 0.6 is 38.5 Å². The predicted octanol–water partition coefficient (Wildman–Crippen LogP) is 3.43. The van der Waals surface area contributed by atoms with Crippen molar-refractivity contribution in [3.63, 3.8) is 0 Å². The minimum absolute atomic E-state index is 0.471. The molecule has 1 aromatic carbocycles. The second-order valence-electron chi connectivity index (χ2n) is 2.48. The van der Waals surface area contributed by atoms with Crippen LogP contribution in [0.5, 0.6) is 0 Å². The number of benzene rings is 1. The third-order valence-corrected chi connectivity index (χ3v) is 3.94. The maximum atomic E-state index is 8.53. The molecular weight excluding hydrogens is 329 g/mol. The Balaban J connectivity index is 3.19. The Morgan fingerprint density at radius 1 is 1.58 bits per heavy atom. The van der Waals surface area contributed by atoms with E-state index in [1.54, 1.807) is 0 Å². The van der Waals surface area contributed by atoms with E-state index >= 15 is 0 Å². The maximum Gasteiger partial charge on any atom is 0.0670 e. The highest BCUT2D eigenvalue weighted by Crippen LogP contribution is 2.25.